The van der Waals surface area contributed by atoms with Crippen molar-refractivity contribution in [3.8, 4) is 0 Å². The Morgan fingerprint density at radius 3 is 2.82 bits per heavy atom. The molecule has 2 unspecified atom stereocenters. The van der Waals surface area contributed by atoms with Gasteiger partial charge in [0.1, 0.15) is 0 Å². The van der Waals surface area contributed by atoms with Crippen LogP contribution in [0, 0.1) is 5.92 Å². The third kappa shape index (κ3) is 2.48. The van der Waals surface area contributed by atoms with E-state index in [1.165, 1.54) is 0 Å². The van der Waals surface area contributed by atoms with Gasteiger partial charge in [-0.2, -0.15) is 0 Å². The molecule has 0 bridgehead atoms. The van der Waals surface area contributed by atoms with Gasteiger partial charge in [-0.3, -0.25) is 4.79 Å². The number of carboxylic acid groups (broad SMARTS) is 1. The van der Waals surface area contributed by atoms with E-state index in [2.05, 4.69) is 5.32 Å². The van der Waals surface area contributed by atoms with Gasteiger partial charge in [0.2, 0.25) is 0 Å². The molecule has 0 aliphatic carbocycles. The van der Waals surface area contributed by atoms with E-state index in [1.54, 1.807) is 0 Å². The van der Waals surface area contributed by atoms with Gasteiger partial charge in [0.05, 0.1) is 0 Å². The minimum atomic E-state index is -0.732. The van der Waals surface area contributed by atoms with Crippen LogP contribution in [0.5, 0.6) is 0 Å². The van der Waals surface area contributed by atoms with Gasteiger partial charge >= 0.3 is 5.97 Å². The maximum atomic E-state index is 10.2. The second-order valence-corrected chi connectivity index (χ2v) is 3.01. The van der Waals surface area contributed by atoms with Gasteiger partial charge in [0, 0.05) is 19.0 Å². The molecular formula is C7H14N2O2. The number of carboxylic acids is 1. The van der Waals surface area contributed by atoms with Crippen LogP contribution in [0.25, 0.3) is 0 Å². The molecule has 2 atom stereocenters. The molecule has 0 aromatic rings. The molecule has 4 heteroatoms. The fourth-order valence-corrected chi connectivity index (χ4v) is 1.38. The summed E-state index contributed by atoms with van der Waals surface area (Å²) in [6.45, 7) is 1.69. The lowest BCUT2D eigenvalue weighted by Gasteiger charge is -2.11. The van der Waals surface area contributed by atoms with Gasteiger partial charge < -0.3 is 16.2 Å². The van der Waals surface area contributed by atoms with Crippen molar-refractivity contribution in [2.24, 2.45) is 11.7 Å². The van der Waals surface area contributed by atoms with Gasteiger partial charge in [0.15, 0.2) is 0 Å². The Kier molecular flexibility index (Phi) is 2.84. The van der Waals surface area contributed by atoms with Crippen LogP contribution >= 0.6 is 0 Å². The number of aliphatic carboxylic acids is 1. The first-order chi connectivity index (χ1) is 5.20. The molecule has 1 saturated heterocycles. The van der Waals surface area contributed by atoms with Crippen molar-refractivity contribution in [2.75, 3.05) is 13.1 Å². The van der Waals surface area contributed by atoms with E-state index < -0.39 is 5.97 Å². The Hall–Kier alpha value is -0.610. The molecule has 0 saturated carbocycles. The van der Waals surface area contributed by atoms with Crippen LogP contribution in [-0.2, 0) is 4.79 Å². The number of carbonyl (C=O) groups is 1. The van der Waals surface area contributed by atoms with Crippen LogP contribution < -0.4 is 11.1 Å². The zero-order valence-electron chi connectivity index (χ0n) is 6.42. The zero-order valence-corrected chi connectivity index (χ0v) is 6.42. The summed E-state index contributed by atoms with van der Waals surface area (Å²) in [5.41, 5.74) is 5.71. The van der Waals surface area contributed by atoms with Crippen molar-refractivity contribution in [1.82, 2.24) is 5.32 Å². The van der Waals surface area contributed by atoms with E-state index in [1.807, 2.05) is 0 Å². The Labute approximate surface area is 65.8 Å². The summed E-state index contributed by atoms with van der Waals surface area (Å²) in [5, 5.41) is 11.5. The smallest absolute Gasteiger partial charge is 0.303 e. The zero-order chi connectivity index (χ0) is 8.27. The number of hydrogen-bond acceptors (Lipinski definition) is 3. The lowest BCUT2D eigenvalue weighted by atomic mass is 9.99. The van der Waals surface area contributed by atoms with Crippen molar-refractivity contribution in [3.05, 3.63) is 0 Å². The Balaban J connectivity index is 2.20. The minimum Gasteiger partial charge on any atom is -0.481 e. The van der Waals surface area contributed by atoms with Gasteiger partial charge in [-0.1, -0.05) is 0 Å². The quantitative estimate of drug-likeness (QED) is 0.512. The highest BCUT2D eigenvalue weighted by Crippen LogP contribution is 2.13. The highest BCUT2D eigenvalue weighted by Gasteiger charge is 2.23. The van der Waals surface area contributed by atoms with Gasteiger partial charge in [-0.05, 0) is 18.9 Å². The van der Waals surface area contributed by atoms with Crippen LogP contribution in [0.3, 0.4) is 0 Å². The number of hydrogen-bond donors (Lipinski definition) is 3. The van der Waals surface area contributed by atoms with Crippen molar-refractivity contribution < 1.29 is 9.90 Å². The average molecular weight is 158 g/mol. The van der Waals surface area contributed by atoms with Gasteiger partial charge in [-0.15, -0.1) is 0 Å². The second-order valence-electron chi connectivity index (χ2n) is 3.01. The van der Waals surface area contributed by atoms with Crippen molar-refractivity contribution >= 4 is 5.97 Å². The Morgan fingerprint density at radius 2 is 2.36 bits per heavy atom. The normalized spacial score (nSPS) is 30.6. The Bertz CT molecular complexity index is 149. The maximum Gasteiger partial charge on any atom is 0.303 e. The summed E-state index contributed by atoms with van der Waals surface area (Å²) >= 11 is 0. The lowest BCUT2D eigenvalue weighted by molar-refractivity contribution is -0.137. The predicted molar refractivity (Wildman–Crippen MR) is 41.2 cm³/mol. The van der Waals surface area contributed by atoms with Crippen LogP contribution in [-0.4, -0.2) is 30.2 Å². The van der Waals surface area contributed by atoms with E-state index in [0.29, 0.717) is 12.3 Å². The van der Waals surface area contributed by atoms with E-state index >= 15 is 0 Å². The standard InChI is InChI=1S/C7H14N2O2/c8-6-4-9-3-5(6)1-2-7(10)11/h5-6,9H,1-4,8H2,(H,10,11). The molecule has 0 spiro atoms. The predicted octanol–water partition coefficient (Wildman–Crippen LogP) is -0.602. The second kappa shape index (κ2) is 3.69. The molecule has 1 fully saturated rings. The minimum absolute atomic E-state index is 0.148. The summed E-state index contributed by atoms with van der Waals surface area (Å²) in [6, 6.07) is 0.148. The van der Waals surface area contributed by atoms with E-state index in [0.717, 1.165) is 13.1 Å². The van der Waals surface area contributed by atoms with E-state index in [9.17, 15) is 4.79 Å². The van der Waals surface area contributed by atoms with Crippen LogP contribution in [0.4, 0.5) is 0 Å². The van der Waals surface area contributed by atoms with Gasteiger partial charge in [0.25, 0.3) is 0 Å². The molecule has 1 heterocycles. The molecule has 1 aliphatic heterocycles. The highest BCUT2D eigenvalue weighted by atomic mass is 16.4. The van der Waals surface area contributed by atoms with Crippen molar-refractivity contribution in [1.29, 1.82) is 0 Å². The van der Waals surface area contributed by atoms with Crippen molar-refractivity contribution in [3.63, 3.8) is 0 Å². The molecule has 64 valence electrons. The molecule has 1 aliphatic rings. The van der Waals surface area contributed by atoms with E-state index in [4.69, 9.17) is 10.8 Å². The molecule has 11 heavy (non-hydrogen) atoms. The summed E-state index contributed by atoms with van der Waals surface area (Å²) < 4.78 is 0. The molecule has 4 N–H and O–H groups in total. The van der Waals surface area contributed by atoms with Gasteiger partial charge in [-0.25, -0.2) is 0 Å². The van der Waals surface area contributed by atoms with E-state index in [-0.39, 0.29) is 12.5 Å². The summed E-state index contributed by atoms with van der Waals surface area (Å²) in [4.78, 5) is 10.2. The molecule has 0 aromatic heterocycles. The summed E-state index contributed by atoms with van der Waals surface area (Å²) in [5.74, 6) is -0.379. The SMILES string of the molecule is NC1CNCC1CCC(=O)O. The average Bonchev–Trinajstić information content (AvgIpc) is 2.31. The summed E-state index contributed by atoms with van der Waals surface area (Å²) in [6.07, 6.45) is 0.934. The first-order valence-corrected chi connectivity index (χ1v) is 3.88. The molecule has 1 rings (SSSR count). The monoisotopic (exact) mass is 158 g/mol. The van der Waals surface area contributed by atoms with Crippen LogP contribution in [0.1, 0.15) is 12.8 Å². The van der Waals surface area contributed by atoms with Crippen LogP contribution in [0.15, 0.2) is 0 Å². The first kappa shape index (κ1) is 8.49. The largest absolute Gasteiger partial charge is 0.481 e. The number of nitrogens with one attached hydrogen (secondary N) is 1. The molecular weight excluding hydrogens is 144 g/mol. The first-order valence-electron chi connectivity index (χ1n) is 3.88. The topological polar surface area (TPSA) is 75.3 Å². The fraction of sp³-hybridized carbons (Fsp3) is 0.857. The third-order valence-electron chi connectivity index (χ3n) is 2.12. The highest BCUT2D eigenvalue weighted by molar-refractivity contribution is 5.66. The maximum absolute atomic E-state index is 10.2. The molecule has 0 aromatic carbocycles. The molecule has 0 amide bonds. The molecule has 4 nitrogen and oxygen atoms in total. The number of rotatable bonds is 3. The fourth-order valence-electron chi connectivity index (χ4n) is 1.38. The summed E-state index contributed by atoms with van der Waals surface area (Å²) in [7, 11) is 0. The number of nitrogens with two attached hydrogens (primary N) is 1. The van der Waals surface area contributed by atoms with Crippen molar-refractivity contribution in [2.45, 2.75) is 18.9 Å². The third-order valence-corrected chi connectivity index (χ3v) is 2.12. The Morgan fingerprint density at radius 1 is 1.64 bits per heavy atom. The molecule has 0 radical (unpaired) electrons. The lowest BCUT2D eigenvalue weighted by Crippen LogP contribution is -2.29. The van der Waals surface area contributed by atoms with Crippen LogP contribution in [0.2, 0.25) is 0 Å².